The minimum atomic E-state index is -4.69. The molecule has 2 heterocycles. The van der Waals surface area contributed by atoms with Crippen LogP contribution in [-0.2, 0) is 13.0 Å². The van der Waals surface area contributed by atoms with Gasteiger partial charge in [0.15, 0.2) is 0 Å². The van der Waals surface area contributed by atoms with Gasteiger partial charge in [0.05, 0.1) is 0 Å². The van der Waals surface area contributed by atoms with Crippen LogP contribution in [0.1, 0.15) is 11.1 Å². The summed E-state index contributed by atoms with van der Waals surface area (Å²) in [6.45, 7) is 1.16. The molecule has 0 radical (unpaired) electrons. The summed E-state index contributed by atoms with van der Waals surface area (Å²) in [5.74, 6) is 0.968. The highest BCUT2D eigenvalue weighted by atomic mass is 35.5. The highest BCUT2D eigenvalue weighted by molar-refractivity contribution is 6.30. The number of rotatable bonds is 4. The number of anilines is 3. The van der Waals surface area contributed by atoms with Crippen LogP contribution in [0.2, 0.25) is 5.02 Å². The van der Waals surface area contributed by atoms with Crippen molar-refractivity contribution in [1.29, 1.82) is 0 Å². The lowest BCUT2D eigenvalue weighted by atomic mass is 9.99. The third-order valence-electron chi connectivity index (χ3n) is 4.47. The molecule has 0 unspecified atom stereocenters. The van der Waals surface area contributed by atoms with Gasteiger partial charge in [-0.15, -0.1) is 13.2 Å². The van der Waals surface area contributed by atoms with Crippen LogP contribution in [0, 0.1) is 0 Å². The van der Waals surface area contributed by atoms with Gasteiger partial charge in [-0.1, -0.05) is 23.7 Å². The van der Waals surface area contributed by atoms with Crippen molar-refractivity contribution in [3.8, 4) is 5.75 Å². The average Bonchev–Trinajstić information content (AvgIpc) is 2.66. The monoisotopic (exact) mass is 420 g/mol. The van der Waals surface area contributed by atoms with Crippen LogP contribution in [0.3, 0.4) is 0 Å². The van der Waals surface area contributed by atoms with Crippen LogP contribution >= 0.6 is 11.6 Å². The lowest BCUT2D eigenvalue weighted by molar-refractivity contribution is -0.274. The van der Waals surface area contributed by atoms with E-state index in [-0.39, 0.29) is 5.75 Å². The third-order valence-corrected chi connectivity index (χ3v) is 4.70. The summed E-state index contributed by atoms with van der Waals surface area (Å²) in [7, 11) is 0. The first-order valence-corrected chi connectivity index (χ1v) is 9.22. The van der Waals surface area contributed by atoms with E-state index in [2.05, 4.69) is 24.9 Å². The summed E-state index contributed by atoms with van der Waals surface area (Å²) < 4.78 is 41.3. The van der Waals surface area contributed by atoms with Crippen LogP contribution in [0.15, 0.2) is 54.7 Å². The molecule has 29 heavy (non-hydrogen) atoms. The van der Waals surface area contributed by atoms with Gasteiger partial charge in [0.25, 0.3) is 0 Å². The molecule has 0 amide bonds. The van der Waals surface area contributed by atoms with E-state index in [0.29, 0.717) is 30.5 Å². The van der Waals surface area contributed by atoms with Gasteiger partial charge >= 0.3 is 6.36 Å². The van der Waals surface area contributed by atoms with E-state index in [0.717, 1.165) is 22.6 Å². The van der Waals surface area contributed by atoms with E-state index < -0.39 is 6.36 Å². The van der Waals surface area contributed by atoms with Crippen molar-refractivity contribution < 1.29 is 17.9 Å². The largest absolute Gasteiger partial charge is 0.573 e. The number of aromatic nitrogens is 2. The molecular weight excluding hydrogens is 405 g/mol. The normalized spacial score (nSPS) is 13.7. The number of nitrogens with one attached hydrogen (secondary N) is 1. The van der Waals surface area contributed by atoms with Crippen molar-refractivity contribution in [2.24, 2.45) is 0 Å². The maximum Gasteiger partial charge on any atom is 0.573 e. The van der Waals surface area contributed by atoms with Gasteiger partial charge in [-0.2, -0.15) is 4.98 Å². The molecule has 0 fully saturated rings. The van der Waals surface area contributed by atoms with E-state index in [1.807, 2.05) is 12.1 Å². The second-order valence-electron chi connectivity index (χ2n) is 6.52. The Labute approximate surface area is 170 Å². The number of nitrogens with zero attached hydrogens (tertiary/aromatic N) is 3. The molecule has 1 N–H and O–H groups in total. The van der Waals surface area contributed by atoms with Gasteiger partial charge in [0.1, 0.15) is 11.6 Å². The molecule has 4 rings (SSSR count). The van der Waals surface area contributed by atoms with Crippen LogP contribution < -0.4 is 15.0 Å². The number of hydrogen-bond acceptors (Lipinski definition) is 5. The van der Waals surface area contributed by atoms with E-state index in [9.17, 15) is 13.2 Å². The highest BCUT2D eigenvalue weighted by Gasteiger charge is 2.31. The van der Waals surface area contributed by atoms with Gasteiger partial charge in [0, 0.05) is 30.0 Å². The van der Waals surface area contributed by atoms with Gasteiger partial charge in [0.2, 0.25) is 5.95 Å². The zero-order valence-electron chi connectivity index (χ0n) is 15.1. The van der Waals surface area contributed by atoms with Crippen LogP contribution in [0.4, 0.5) is 30.6 Å². The van der Waals surface area contributed by atoms with Crippen molar-refractivity contribution in [2.45, 2.75) is 19.3 Å². The van der Waals surface area contributed by atoms with Crippen molar-refractivity contribution in [2.75, 3.05) is 16.8 Å². The minimum absolute atomic E-state index is 0.195. The molecule has 5 nitrogen and oxygen atoms in total. The molecule has 2 aromatic carbocycles. The van der Waals surface area contributed by atoms with Gasteiger partial charge in [-0.25, -0.2) is 4.98 Å². The summed E-state index contributed by atoms with van der Waals surface area (Å²) in [4.78, 5) is 10.8. The van der Waals surface area contributed by atoms with Gasteiger partial charge < -0.3 is 15.0 Å². The SMILES string of the molecule is FC(F)(F)Oc1ccc2c(c1)CCN(c1ccnc(Nc3cccc(Cl)c3)n1)C2. The maximum atomic E-state index is 12.4. The Morgan fingerprint density at radius 1 is 1.07 bits per heavy atom. The van der Waals surface area contributed by atoms with Crippen molar-refractivity contribution in [1.82, 2.24) is 9.97 Å². The molecule has 1 aliphatic rings. The summed E-state index contributed by atoms with van der Waals surface area (Å²) >= 11 is 6.00. The van der Waals surface area contributed by atoms with E-state index >= 15 is 0 Å². The Morgan fingerprint density at radius 2 is 1.93 bits per heavy atom. The number of halogens is 4. The lowest BCUT2D eigenvalue weighted by Crippen LogP contribution is -2.31. The first kappa shape index (κ1) is 19.3. The molecule has 150 valence electrons. The van der Waals surface area contributed by atoms with Crippen molar-refractivity contribution in [3.05, 3.63) is 70.9 Å². The first-order chi connectivity index (χ1) is 13.9. The molecule has 0 saturated heterocycles. The van der Waals surface area contributed by atoms with Crippen LogP contribution in [0.5, 0.6) is 5.75 Å². The molecule has 0 saturated carbocycles. The first-order valence-electron chi connectivity index (χ1n) is 8.84. The number of alkyl halides is 3. The zero-order valence-corrected chi connectivity index (χ0v) is 15.8. The maximum absolute atomic E-state index is 12.4. The lowest BCUT2D eigenvalue weighted by Gasteiger charge is -2.30. The smallest absolute Gasteiger partial charge is 0.406 e. The van der Waals surface area contributed by atoms with E-state index in [1.54, 1.807) is 30.5 Å². The predicted molar refractivity (Wildman–Crippen MR) is 105 cm³/mol. The zero-order chi connectivity index (χ0) is 20.4. The van der Waals surface area contributed by atoms with Gasteiger partial charge in [-0.05, 0) is 53.9 Å². The van der Waals surface area contributed by atoms with Crippen molar-refractivity contribution in [3.63, 3.8) is 0 Å². The van der Waals surface area contributed by atoms with E-state index in [1.165, 1.54) is 12.1 Å². The fraction of sp³-hybridized carbons (Fsp3) is 0.200. The third kappa shape index (κ3) is 4.89. The molecule has 0 aliphatic carbocycles. The summed E-state index contributed by atoms with van der Waals surface area (Å²) in [6, 6.07) is 13.5. The number of fused-ring (bicyclic) bond motifs is 1. The molecular formula is C20H16ClF3N4O. The Kier molecular flexibility index (Phi) is 5.19. The van der Waals surface area contributed by atoms with Crippen LogP contribution in [-0.4, -0.2) is 22.9 Å². The average molecular weight is 421 g/mol. The Hall–Kier alpha value is -3.00. The Morgan fingerprint density at radius 3 is 2.72 bits per heavy atom. The summed E-state index contributed by atoms with van der Waals surface area (Å²) in [5.41, 5.74) is 2.55. The molecule has 0 bridgehead atoms. The topological polar surface area (TPSA) is 50.3 Å². The molecule has 0 atom stereocenters. The second kappa shape index (κ2) is 7.79. The summed E-state index contributed by atoms with van der Waals surface area (Å²) in [6.07, 6.45) is -2.45. The fourth-order valence-corrected chi connectivity index (χ4v) is 3.39. The molecule has 1 aliphatic heterocycles. The number of hydrogen-bond donors (Lipinski definition) is 1. The van der Waals surface area contributed by atoms with E-state index in [4.69, 9.17) is 11.6 Å². The second-order valence-corrected chi connectivity index (χ2v) is 6.96. The standard InChI is InChI=1S/C20H16ClF3N4O/c21-15-2-1-3-16(11-15)26-19-25-8-6-18(27-19)28-9-7-13-10-17(29-20(22,23)24)5-4-14(13)12-28/h1-6,8,10-11H,7,9,12H2,(H,25,26,27). The summed E-state index contributed by atoms with van der Waals surface area (Å²) in [5, 5.41) is 3.72. The Bertz CT molecular complexity index is 1030. The molecule has 0 spiro atoms. The van der Waals surface area contributed by atoms with Gasteiger partial charge in [-0.3, -0.25) is 0 Å². The quantitative estimate of drug-likeness (QED) is 0.617. The minimum Gasteiger partial charge on any atom is -0.406 e. The number of ether oxygens (including phenoxy) is 1. The Balaban J connectivity index is 1.49. The molecule has 1 aromatic heterocycles. The number of benzene rings is 2. The molecule has 3 aromatic rings. The van der Waals surface area contributed by atoms with Crippen LogP contribution in [0.25, 0.3) is 0 Å². The fourth-order valence-electron chi connectivity index (χ4n) is 3.20. The molecule has 9 heteroatoms. The van der Waals surface area contributed by atoms with Crippen molar-refractivity contribution >= 4 is 29.1 Å². The highest BCUT2D eigenvalue weighted by Crippen LogP contribution is 2.29. The predicted octanol–water partition coefficient (Wildman–Crippen LogP) is 5.33.